The molecule has 0 spiro atoms. The zero-order chi connectivity index (χ0) is 18.7. The molecule has 2 aliphatic rings. The number of amides is 1. The fourth-order valence-corrected chi connectivity index (χ4v) is 4.20. The highest BCUT2D eigenvalue weighted by Crippen LogP contribution is 2.44. The Morgan fingerprint density at radius 2 is 2.04 bits per heavy atom. The molecule has 1 aromatic heterocycles. The monoisotopic (exact) mass is 380 g/mol. The number of anilines is 2. The second kappa shape index (κ2) is 5.99. The summed E-state index contributed by atoms with van der Waals surface area (Å²) in [6, 6.07) is 10.3. The van der Waals surface area contributed by atoms with E-state index >= 15 is 0 Å². The topological polar surface area (TPSA) is 59.0 Å². The molecule has 1 fully saturated rings. The number of aryl methyl sites for hydroxylation is 1. The number of rotatable bonds is 2. The number of aromatic nitrogens is 2. The van der Waals surface area contributed by atoms with Crippen molar-refractivity contribution in [1.29, 1.82) is 0 Å². The van der Waals surface area contributed by atoms with Crippen molar-refractivity contribution in [3.63, 3.8) is 0 Å². The largest absolute Gasteiger partial charge is 0.380 e. The molecule has 5 rings (SSSR count). The molecule has 2 N–H and O–H groups in total. The third kappa shape index (κ3) is 2.86. The van der Waals surface area contributed by atoms with E-state index in [9.17, 15) is 4.79 Å². The highest BCUT2D eigenvalue weighted by molar-refractivity contribution is 6.31. The number of carbonyl (C=O) groups excluding carboxylic acids is 1. The fraction of sp³-hybridized carbons (Fsp3) is 0.333. The lowest BCUT2D eigenvalue weighted by Gasteiger charge is -2.17. The number of hydrogen-bond acceptors (Lipinski definition) is 3. The summed E-state index contributed by atoms with van der Waals surface area (Å²) >= 11 is 6.39. The number of fused-ring (bicyclic) bond motifs is 2. The molecular weight excluding hydrogens is 360 g/mol. The minimum atomic E-state index is 0.000646. The van der Waals surface area contributed by atoms with Crippen molar-refractivity contribution in [2.24, 2.45) is 7.05 Å². The minimum absolute atomic E-state index is 0.000646. The van der Waals surface area contributed by atoms with Crippen molar-refractivity contribution in [2.45, 2.75) is 38.1 Å². The molecule has 138 valence electrons. The lowest BCUT2D eigenvalue weighted by Crippen LogP contribution is -2.19. The number of carbonyl (C=O) groups is 1. The van der Waals surface area contributed by atoms with E-state index in [2.05, 4.69) is 28.8 Å². The van der Waals surface area contributed by atoms with Crippen LogP contribution >= 0.6 is 11.6 Å². The molecule has 0 radical (unpaired) electrons. The maximum Gasteiger partial charge on any atom is 0.226 e. The molecule has 1 amide bonds. The summed E-state index contributed by atoms with van der Waals surface area (Å²) in [4.78, 5) is 12.1. The molecule has 0 bridgehead atoms. The minimum Gasteiger partial charge on any atom is -0.380 e. The van der Waals surface area contributed by atoms with Gasteiger partial charge in [0.25, 0.3) is 0 Å². The summed E-state index contributed by atoms with van der Waals surface area (Å²) in [5.74, 6) is 0.582. The Labute approximate surface area is 162 Å². The van der Waals surface area contributed by atoms with Gasteiger partial charge in [-0.15, -0.1) is 0 Å². The number of halogens is 1. The normalized spacial score (nSPS) is 19.4. The number of benzene rings is 2. The predicted molar refractivity (Wildman–Crippen MR) is 109 cm³/mol. The predicted octanol–water partition coefficient (Wildman–Crippen LogP) is 4.91. The fourth-order valence-electron chi connectivity index (χ4n) is 3.98. The molecule has 2 aromatic carbocycles. The van der Waals surface area contributed by atoms with Crippen molar-refractivity contribution in [1.82, 2.24) is 9.78 Å². The molecule has 1 saturated carbocycles. The highest BCUT2D eigenvalue weighted by atomic mass is 35.5. The Kier molecular flexibility index (Phi) is 3.69. The third-order valence-corrected chi connectivity index (χ3v) is 5.63. The zero-order valence-electron chi connectivity index (χ0n) is 15.3. The summed E-state index contributed by atoms with van der Waals surface area (Å²) in [7, 11) is 2.00. The molecule has 0 unspecified atom stereocenters. The van der Waals surface area contributed by atoms with Crippen molar-refractivity contribution >= 4 is 39.8 Å². The number of nitrogens with zero attached hydrogens (tertiary/aromatic N) is 2. The van der Waals surface area contributed by atoms with E-state index in [-0.39, 0.29) is 11.9 Å². The average Bonchev–Trinajstić information content (AvgIpc) is 3.42. The van der Waals surface area contributed by atoms with Crippen LogP contribution < -0.4 is 10.6 Å². The van der Waals surface area contributed by atoms with Gasteiger partial charge in [-0.3, -0.25) is 9.48 Å². The first-order valence-corrected chi connectivity index (χ1v) is 9.74. The van der Waals surface area contributed by atoms with Gasteiger partial charge in [-0.25, -0.2) is 0 Å². The molecule has 3 aromatic rings. The molecule has 1 atom stereocenters. The van der Waals surface area contributed by atoms with E-state index in [4.69, 9.17) is 16.7 Å². The van der Waals surface area contributed by atoms with Crippen LogP contribution in [-0.4, -0.2) is 21.7 Å². The molecule has 6 heteroatoms. The zero-order valence-corrected chi connectivity index (χ0v) is 16.1. The Bertz CT molecular complexity index is 1080. The third-order valence-electron chi connectivity index (χ3n) is 5.41. The first-order chi connectivity index (χ1) is 13.0. The first-order valence-electron chi connectivity index (χ1n) is 9.36. The van der Waals surface area contributed by atoms with Gasteiger partial charge < -0.3 is 10.6 Å². The summed E-state index contributed by atoms with van der Waals surface area (Å²) in [6.07, 6.45) is 2.86. The Balaban J connectivity index is 1.71. The van der Waals surface area contributed by atoms with Gasteiger partial charge in [0.2, 0.25) is 5.91 Å². The van der Waals surface area contributed by atoms with Gasteiger partial charge in [0.15, 0.2) is 0 Å². The van der Waals surface area contributed by atoms with Crippen molar-refractivity contribution in [3.8, 4) is 11.1 Å². The second-order valence-corrected chi connectivity index (χ2v) is 8.13. The van der Waals surface area contributed by atoms with E-state index in [1.165, 1.54) is 23.9 Å². The standard InChI is InChI=1S/C21H21ClN4O/c1-11-7-19(27)24-17-10-14(22)9-15(21(17)23-11)13-5-6-18-16(8-13)20(12-3-4-12)25-26(18)2/h5-6,8-12,23H,3-4,7H2,1-2H3,(H,24,27)/t11-/m1/s1. The SMILES string of the molecule is C[C@@H]1CC(=O)Nc2cc(Cl)cc(-c3ccc4c(c3)c(C3CC3)nn4C)c2N1. The molecular formula is C21H21ClN4O. The van der Waals surface area contributed by atoms with Crippen LogP contribution in [0.15, 0.2) is 30.3 Å². The van der Waals surface area contributed by atoms with Gasteiger partial charge in [-0.1, -0.05) is 17.7 Å². The molecule has 5 nitrogen and oxygen atoms in total. The van der Waals surface area contributed by atoms with E-state index in [0.717, 1.165) is 28.0 Å². The molecule has 1 aliphatic heterocycles. The molecule has 0 saturated heterocycles. The molecule has 2 heterocycles. The van der Waals surface area contributed by atoms with Gasteiger partial charge in [-0.05, 0) is 49.6 Å². The van der Waals surface area contributed by atoms with Crippen LogP contribution in [0.5, 0.6) is 0 Å². The van der Waals surface area contributed by atoms with E-state index in [1.54, 1.807) is 0 Å². The van der Waals surface area contributed by atoms with Crippen LogP contribution in [0.1, 0.15) is 37.8 Å². The van der Waals surface area contributed by atoms with Crippen molar-refractivity contribution < 1.29 is 4.79 Å². The maximum atomic E-state index is 12.1. The second-order valence-electron chi connectivity index (χ2n) is 7.69. The Morgan fingerprint density at radius 1 is 1.22 bits per heavy atom. The average molecular weight is 381 g/mol. The van der Waals surface area contributed by atoms with Crippen LogP contribution in [0.4, 0.5) is 11.4 Å². The van der Waals surface area contributed by atoms with Crippen molar-refractivity contribution in [2.75, 3.05) is 10.6 Å². The van der Waals surface area contributed by atoms with Gasteiger partial charge in [0, 0.05) is 41.4 Å². The van der Waals surface area contributed by atoms with Crippen molar-refractivity contribution in [3.05, 3.63) is 41.0 Å². The smallest absolute Gasteiger partial charge is 0.226 e. The molecule has 1 aliphatic carbocycles. The summed E-state index contributed by atoms with van der Waals surface area (Å²) < 4.78 is 1.96. The van der Waals surface area contributed by atoms with Crippen LogP contribution in [0.3, 0.4) is 0 Å². The van der Waals surface area contributed by atoms with Crippen LogP contribution in [0, 0.1) is 0 Å². The lowest BCUT2D eigenvalue weighted by atomic mass is 9.99. The van der Waals surface area contributed by atoms with Gasteiger partial charge in [0.1, 0.15) is 0 Å². The first kappa shape index (κ1) is 16.6. The lowest BCUT2D eigenvalue weighted by molar-refractivity contribution is -0.116. The highest BCUT2D eigenvalue weighted by Gasteiger charge is 2.29. The van der Waals surface area contributed by atoms with E-state index in [0.29, 0.717) is 17.4 Å². The summed E-state index contributed by atoms with van der Waals surface area (Å²) in [5, 5.41) is 13.0. The summed E-state index contributed by atoms with van der Waals surface area (Å²) in [5.41, 5.74) is 6.07. The van der Waals surface area contributed by atoms with Crippen LogP contribution in [0.2, 0.25) is 5.02 Å². The van der Waals surface area contributed by atoms with E-state index < -0.39 is 0 Å². The Hall–Kier alpha value is -2.53. The number of nitrogens with one attached hydrogen (secondary N) is 2. The summed E-state index contributed by atoms with van der Waals surface area (Å²) in [6.45, 7) is 2.02. The van der Waals surface area contributed by atoms with Crippen LogP contribution in [0.25, 0.3) is 22.0 Å². The van der Waals surface area contributed by atoms with Gasteiger partial charge in [-0.2, -0.15) is 5.10 Å². The number of hydrogen-bond donors (Lipinski definition) is 2. The van der Waals surface area contributed by atoms with Gasteiger partial charge >= 0.3 is 0 Å². The molecule has 27 heavy (non-hydrogen) atoms. The maximum absolute atomic E-state index is 12.1. The van der Waals surface area contributed by atoms with E-state index in [1.807, 2.05) is 30.8 Å². The quantitative estimate of drug-likeness (QED) is 0.663. The Morgan fingerprint density at radius 3 is 2.81 bits per heavy atom. The van der Waals surface area contributed by atoms with Crippen LogP contribution in [-0.2, 0) is 11.8 Å². The van der Waals surface area contributed by atoms with Gasteiger partial charge in [0.05, 0.1) is 22.6 Å².